The number of hydrogen-bond donors (Lipinski definition) is 0. The second-order valence-electron chi connectivity index (χ2n) is 9.54. The first-order valence-electron chi connectivity index (χ1n) is 11.8. The molecule has 2 aliphatic rings. The van der Waals surface area contributed by atoms with Crippen LogP contribution in [0.1, 0.15) is 75.9 Å². The molecule has 5 nitrogen and oxygen atoms in total. The van der Waals surface area contributed by atoms with Crippen molar-refractivity contribution >= 4 is 12.0 Å². The fourth-order valence-electron chi connectivity index (χ4n) is 4.27. The molecule has 0 aliphatic carbocycles. The molecule has 0 radical (unpaired) electrons. The van der Waals surface area contributed by atoms with Crippen LogP contribution in [0.4, 0.5) is 0 Å². The van der Waals surface area contributed by atoms with Crippen molar-refractivity contribution in [1.29, 1.82) is 0 Å². The predicted octanol–water partition coefficient (Wildman–Crippen LogP) is 6.09. The van der Waals surface area contributed by atoms with Gasteiger partial charge in [-0.15, -0.1) is 0 Å². The Balaban J connectivity index is 2.01. The van der Waals surface area contributed by atoms with Crippen LogP contribution in [-0.2, 0) is 14.2 Å². The molecule has 1 saturated heterocycles. The van der Waals surface area contributed by atoms with Crippen LogP contribution in [-0.4, -0.2) is 36.7 Å². The lowest BCUT2D eigenvalue weighted by Gasteiger charge is -2.23. The van der Waals surface area contributed by atoms with Crippen molar-refractivity contribution in [2.24, 2.45) is 11.8 Å². The SMILES string of the molecule is CCCOc1cc(C)c2c(c1)/C=C/C[C@@H]1OC(C)(C)OC1C(C)/C=C\[C@@H](C)[C@H](C)OC2=O. The zero-order valence-electron chi connectivity index (χ0n) is 20.5. The van der Waals surface area contributed by atoms with E-state index in [9.17, 15) is 4.79 Å². The molecule has 1 fully saturated rings. The Morgan fingerprint density at radius 3 is 2.53 bits per heavy atom. The summed E-state index contributed by atoms with van der Waals surface area (Å²) in [4.78, 5) is 13.1. The summed E-state index contributed by atoms with van der Waals surface area (Å²) < 4.78 is 24.2. The van der Waals surface area contributed by atoms with Crippen LogP contribution in [0.2, 0.25) is 0 Å². The highest BCUT2D eigenvalue weighted by molar-refractivity contribution is 5.95. The van der Waals surface area contributed by atoms with Crippen LogP contribution in [0.25, 0.3) is 6.08 Å². The van der Waals surface area contributed by atoms with Gasteiger partial charge in [0.25, 0.3) is 0 Å². The van der Waals surface area contributed by atoms with Gasteiger partial charge in [0.15, 0.2) is 5.79 Å². The molecule has 0 saturated carbocycles. The summed E-state index contributed by atoms with van der Waals surface area (Å²) in [6, 6.07) is 3.83. The van der Waals surface area contributed by atoms with Crippen LogP contribution in [0.3, 0.4) is 0 Å². The average molecular weight is 443 g/mol. The van der Waals surface area contributed by atoms with Gasteiger partial charge >= 0.3 is 5.97 Å². The molecule has 32 heavy (non-hydrogen) atoms. The molecule has 0 spiro atoms. The number of hydrogen-bond acceptors (Lipinski definition) is 5. The summed E-state index contributed by atoms with van der Waals surface area (Å²) >= 11 is 0. The molecule has 2 heterocycles. The summed E-state index contributed by atoms with van der Waals surface area (Å²) in [5, 5.41) is 0. The first kappa shape index (κ1) is 24.5. The van der Waals surface area contributed by atoms with Crippen molar-refractivity contribution in [2.45, 2.75) is 85.4 Å². The normalized spacial score (nSPS) is 32.2. The van der Waals surface area contributed by atoms with E-state index in [-0.39, 0.29) is 36.1 Å². The molecule has 2 unspecified atom stereocenters. The highest BCUT2D eigenvalue weighted by Crippen LogP contribution is 2.35. The van der Waals surface area contributed by atoms with E-state index in [1.54, 1.807) is 0 Å². The Morgan fingerprint density at radius 2 is 1.81 bits per heavy atom. The van der Waals surface area contributed by atoms with Gasteiger partial charge < -0.3 is 18.9 Å². The van der Waals surface area contributed by atoms with Gasteiger partial charge in [-0.3, -0.25) is 0 Å². The number of carbonyl (C=O) groups is 1. The van der Waals surface area contributed by atoms with Gasteiger partial charge in [0.2, 0.25) is 0 Å². The molecule has 0 bridgehead atoms. The van der Waals surface area contributed by atoms with E-state index in [2.05, 4.69) is 39.0 Å². The minimum atomic E-state index is -0.618. The third kappa shape index (κ3) is 5.81. The summed E-state index contributed by atoms with van der Waals surface area (Å²) in [6.07, 6.45) is 9.56. The maximum atomic E-state index is 13.1. The summed E-state index contributed by atoms with van der Waals surface area (Å²) in [5.74, 6) is 0.0876. The highest BCUT2D eigenvalue weighted by atomic mass is 16.8. The lowest BCUT2D eigenvalue weighted by atomic mass is 9.94. The van der Waals surface area contributed by atoms with Crippen molar-refractivity contribution in [1.82, 2.24) is 0 Å². The van der Waals surface area contributed by atoms with Gasteiger partial charge in [-0.1, -0.05) is 45.1 Å². The topological polar surface area (TPSA) is 54.0 Å². The standard InChI is InChI=1S/C27H38O5/c1-8-14-29-22-15-19(4)24-21(16-22)10-9-11-23-25(32-27(6,7)31-23)18(3)13-12-17(2)20(5)30-26(24)28/h9-10,12-13,15-18,20,23,25H,8,11,14H2,1-7H3/b10-9+,13-12-/t17-,18?,20+,23+,25?/m1/s1. The largest absolute Gasteiger partial charge is 0.494 e. The molecular weight excluding hydrogens is 404 g/mol. The molecule has 2 aliphatic heterocycles. The second-order valence-corrected chi connectivity index (χ2v) is 9.54. The number of aryl methyl sites for hydroxylation is 1. The number of esters is 1. The van der Waals surface area contributed by atoms with Gasteiger partial charge in [0.05, 0.1) is 24.4 Å². The molecule has 176 valence electrons. The van der Waals surface area contributed by atoms with Gasteiger partial charge in [0, 0.05) is 11.8 Å². The molecule has 5 heteroatoms. The van der Waals surface area contributed by atoms with Crippen LogP contribution in [0.15, 0.2) is 30.4 Å². The molecule has 3 rings (SSSR count). The van der Waals surface area contributed by atoms with Crippen molar-refractivity contribution < 1.29 is 23.7 Å². The smallest absolute Gasteiger partial charge is 0.339 e. The summed E-state index contributed by atoms with van der Waals surface area (Å²) in [7, 11) is 0. The van der Waals surface area contributed by atoms with Crippen LogP contribution < -0.4 is 4.74 Å². The average Bonchev–Trinajstić information content (AvgIpc) is 3.03. The monoisotopic (exact) mass is 442 g/mol. The Morgan fingerprint density at radius 1 is 1.09 bits per heavy atom. The molecule has 1 aromatic carbocycles. The maximum absolute atomic E-state index is 13.1. The van der Waals surface area contributed by atoms with Crippen LogP contribution >= 0.6 is 0 Å². The Hall–Kier alpha value is -2.11. The van der Waals surface area contributed by atoms with E-state index >= 15 is 0 Å². The zero-order chi connectivity index (χ0) is 23.5. The Kier molecular flexibility index (Phi) is 7.84. The van der Waals surface area contributed by atoms with E-state index in [4.69, 9.17) is 18.9 Å². The molecule has 0 N–H and O–H groups in total. The number of rotatable bonds is 3. The Bertz CT molecular complexity index is 869. The van der Waals surface area contributed by atoms with E-state index in [1.807, 2.05) is 45.9 Å². The second kappa shape index (κ2) is 10.2. The van der Waals surface area contributed by atoms with Crippen molar-refractivity contribution in [2.75, 3.05) is 6.61 Å². The molecular formula is C27H38O5. The maximum Gasteiger partial charge on any atom is 0.339 e. The van der Waals surface area contributed by atoms with E-state index in [0.717, 1.165) is 23.3 Å². The first-order valence-corrected chi connectivity index (χ1v) is 11.8. The lowest BCUT2D eigenvalue weighted by molar-refractivity contribution is -0.148. The molecule has 0 aromatic heterocycles. The quantitative estimate of drug-likeness (QED) is 0.418. The first-order chi connectivity index (χ1) is 15.1. The Labute approximate surface area is 192 Å². The molecule has 5 atom stereocenters. The minimum absolute atomic E-state index is 0.0423. The van der Waals surface area contributed by atoms with Crippen molar-refractivity contribution in [3.63, 3.8) is 0 Å². The minimum Gasteiger partial charge on any atom is -0.494 e. The predicted molar refractivity (Wildman–Crippen MR) is 127 cm³/mol. The van der Waals surface area contributed by atoms with E-state index in [0.29, 0.717) is 18.6 Å². The number of ether oxygens (including phenoxy) is 4. The number of cyclic esters (lactones) is 1. The van der Waals surface area contributed by atoms with Gasteiger partial charge in [0.1, 0.15) is 11.9 Å². The third-order valence-corrected chi connectivity index (χ3v) is 6.17. The zero-order valence-corrected chi connectivity index (χ0v) is 20.5. The fourth-order valence-corrected chi connectivity index (χ4v) is 4.27. The van der Waals surface area contributed by atoms with Crippen molar-refractivity contribution in [3.05, 3.63) is 47.1 Å². The molecule has 1 aromatic rings. The molecule has 0 amide bonds. The van der Waals surface area contributed by atoms with Crippen molar-refractivity contribution in [3.8, 4) is 5.75 Å². The number of carbonyl (C=O) groups excluding carboxylic acids is 1. The van der Waals surface area contributed by atoms with Crippen LogP contribution in [0, 0.1) is 18.8 Å². The number of benzene rings is 1. The lowest BCUT2D eigenvalue weighted by Crippen LogP contribution is -2.29. The van der Waals surface area contributed by atoms with Gasteiger partial charge in [-0.2, -0.15) is 0 Å². The summed E-state index contributed by atoms with van der Waals surface area (Å²) in [6.45, 7) is 14.7. The van der Waals surface area contributed by atoms with Gasteiger partial charge in [-0.05, 0) is 63.8 Å². The van der Waals surface area contributed by atoms with Gasteiger partial charge in [-0.25, -0.2) is 4.79 Å². The van der Waals surface area contributed by atoms with Crippen LogP contribution in [0.5, 0.6) is 5.75 Å². The fraction of sp³-hybridized carbons (Fsp3) is 0.593. The third-order valence-electron chi connectivity index (χ3n) is 6.17. The van der Waals surface area contributed by atoms with E-state index < -0.39 is 5.79 Å². The summed E-state index contributed by atoms with van der Waals surface area (Å²) in [5.41, 5.74) is 2.23. The number of fused-ring (bicyclic) bond motifs is 2. The van der Waals surface area contributed by atoms with E-state index in [1.165, 1.54) is 0 Å². The highest BCUT2D eigenvalue weighted by Gasteiger charge is 2.42.